The van der Waals surface area contributed by atoms with E-state index in [2.05, 4.69) is 15.3 Å². The molecule has 2 aromatic rings. The Hall–Kier alpha value is -1.33. The van der Waals surface area contributed by atoms with Crippen molar-refractivity contribution in [3.8, 4) is 0 Å². The zero-order valence-corrected chi connectivity index (χ0v) is 10.8. The number of fused-ring (bicyclic) bond motifs is 1. The normalized spacial score (nSPS) is 18.9. The van der Waals surface area contributed by atoms with Crippen molar-refractivity contribution in [2.45, 2.75) is 23.1 Å². The molecule has 1 aromatic carbocycles. The molecule has 4 nitrogen and oxygen atoms in total. The van der Waals surface area contributed by atoms with E-state index in [4.69, 9.17) is 0 Å². The molecule has 0 bridgehead atoms. The Bertz CT molecular complexity index is 581. The monoisotopic (exact) mass is 261 g/mol. The van der Waals surface area contributed by atoms with Crippen molar-refractivity contribution < 1.29 is 4.21 Å². The molecule has 2 heterocycles. The average Bonchev–Trinajstić information content (AvgIpc) is 2.47. The highest BCUT2D eigenvalue weighted by atomic mass is 32.2. The second kappa shape index (κ2) is 5.12. The van der Waals surface area contributed by atoms with Crippen LogP contribution in [0.3, 0.4) is 0 Å². The number of piperidine rings is 1. The van der Waals surface area contributed by atoms with Gasteiger partial charge in [0.15, 0.2) is 0 Å². The third-order valence-electron chi connectivity index (χ3n) is 3.22. The number of aromatic nitrogens is 2. The molecule has 1 aliphatic rings. The molecule has 0 saturated carbocycles. The van der Waals surface area contributed by atoms with Gasteiger partial charge in [0, 0.05) is 5.25 Å². The predicted octanol–water partition coefficient (Wildman–Crippen LogP) is 1.49. The number of nitrogens with one attached hydrogen (secondary N) is 1. The van der Waals surface area contributed by atoms with Crippen LogP contribution in [0, 0.1) is 0 Å². The van der Waals surface area contributed by atoms with Gasteiger partial charge in [0.05, 0.1) is 28.0 Å². The predicted molar refractivity (Wildman–Crippen MR) is 71.8 cm³/mol. The minimum Gasteiger partial charge on any atom is -0.317 e. The number of hydrogen-bond donors (Lipinski definition) is 1. The lowest BCUT2D eigenvalue weighted by atomic mass is 10.2. The SMILES string of the molecule is O=[S@@](c1cnc2ccccc2n1)C1CCNCC1. The van der Waals surface area contributed by atoms with Crippen LogP contribution in [-0.4, -0.2) is 32.5 Å². The summed E-state index contributed by atoms with van der Waals surface area (Å²) in [6, 6.07) is 7.68. The van der Waals surface area contributed by atoms with E-state index in [-0.39, 0.29) is 5.25 Å². The van der Waals surface area contributed by atoms with Crippen LogP contribution in [0.5, 0.6) is 0 Å². The van der Waals surface area contributed by atoms with Crippen LogP contribution in [0.4, 0.5) is 0 Å². The number of rotatable bonds is 2. The first-order chi connectivity index (χ1) is 8.84. The summed E-state index contributed by atoms with van der Waals surface area (Å²) in [6.45, 7) is 1.88. The van der Waals surface area contributed by atoms with Crippen LogP contribution in [0.15, 0.2) is 35.5 Å². The van der Waals surface area contributed by atoms with Crippen molar-refractivity contribution in [1.29, 1.82) is 0 Å². The summed E-state index contributed by atoms with van der Waals surface area (Å²) in [6.07, 6.45) is 3.54. The smallest absolute Gasteiger partial charge is 0.146 e. The van der Waals surface area contributed by atoms with E-state index in [1.807, 2.05) is 24.3 Å². The van der Waals surface area contributed by atoms with Crippen molar-refractivity contribution >= 4 is 21.8 Å². The molecule has 0 aliphatic carbocycles. The summed E-state index contributed by atoms with van der Waals surface area (Å²) in [5.74, 6) is 0. The second-order valence-electron chi connectivity index (χ2n) is 4.44. The molecule has 0 unspecified atom stereocenters. The molecule has 1 N–H and O–H groups in total. The lowest BCUT2D eigenvalue weighted by Crippen LogP contribution is -2.33. The zero-order chi connectivity index (χ0) is 12.4. The van der Waals surface area contributed by atoms with Crippen molar-refractivity contribution in [2.75, 3.05) is 13.1 Å². The maximum absolute atomic E-state index is 12.4. The standard InChI is InChI=1S/C13H15N3OS/c17-18(10-5-7-14-8-6-10)13-9-15-11-3-1-2-4-12(11)16-13/h1-4,9-10,14H,5-8H2/t18-/m1/s1. The van der Waals surface area contributed by atoms with Gasteiger partial charge in [-0.2, -0.15) is 0 Å². The molecular weight excluding hydrogens is 246 g/mol. The Morgan fingerprint density at radius 2 is 1.89 bits per heavy atom. The third-order valence-corrected chi connectivity index (χ3v) is 4.91. The Morgan fingerprint density at radius 3 is 2.67 bits per heavy atom. The summed E-state index contributed by atoms with van der Waals surface area (Å²) >= 11 is 0. The van der Waals surface area contributed by atoms with Gasteiger partial charge in [0.2, 0.25) is 0 Å². The van der Waals surface area contributed by atoms with Gasteiger partial charge in [-0.15, -0.1) is 0 Å². The van der Waals surface area contributed by atoms with Crippen LogP contribution in [0.2, 0.25) is 0 Å². The zero-order valence-electron chi connectivity index (χ0n) is 10.0. The quantitative estimate of drug-likeness (QED) is 0.890. The van der Waals surface area contributed by atoms with E-state index >= 15 is 0 Å². The fourth-order valence-corrected chi connectivity index (χ4v) is 3.57. The highest BCUT2D eigenvalue weighted by molar-refractivity contribution is 7.85. The van der Waals surface area contributed by atoms with E-state index in [0.29, 0.717) is 5.03 Å². The third kappa shape index (κ3) is 2.28. The Morgan fingerprint density at radius 1 is 1.17 bits per heavy atom. The van der Waals surface area contributed by atoms with Crippen molar-refractivity contribution in [2.24, 2.45) is 0 Å². The van der Waals surface area contributed by atoms with Crippen LogP contribution >= 0.6 is 0 Å². The van der Waals surface area contributed by atoms with Gasteiger partial charge >= 0.3 is 0 Å². The molecule has 0 amide bonds. The highest BCUT2D eigenvalue weighted by Crippen LogP contribution is 2.18. The molecule has 1 fully saturated rings. The van der Waals surface area contributed by atoms with Crippen molar-refractivity contribution in [3.05, 3.63) is 30.5 Å². The number of nitrogens with zero attached hydrogens (tertiary/aromatic N) is 2. The topological polar surface area (TPSA) is 54.9 Å². The lowest BCUT2D eigenvalue weighted by molar-refractivity contribution is 0.519. The largest absolute Gasteiger partial charge is 0.317 e. The maximum atomic E-state index is 12.4. The fourth-order valence-electron chi connectivity index (χ4n) is 2.22. The van der Waals surface area contributed by atoms with E-state index in [9.17, 15) is 4.21 Å². The molecular formula is C13H15N3OS. The van der Waals surface area contributed by atoms with E-state index in [1.165, 1.54) is 0 Å². The molecule has 1 aliphatic heterocycles. The minimum absolute atomic E-state index is 0.210. The van der Waals surface area contributed by atoms with Crippen LogP contribution in [0.25, 0.3) is 11.0 Å². The minimum atomic E-state index is -1.04. The number of benzene rings is 1. The summed E-state index contributed by atoms with van der Waals surface area (Å²) < 4.78 is 12.4. The summed E-state index contributed by atoms with van der Waals surface area (Å²) in [5.41, 5.74) is 1.67. The Kier molecular flexibility index (Phi) is 3.34. The molecule has 94 valence electrons. The molecule has 1 saturated heterocycles. The average molecular weight is 261 g/mol. The van der Waals surface area contributed by atoms with Gasteiger partial charge in [0.25, 0.3) is 0 Å². The first kappa shape index (κ1) is 11.7. The van der Waals surface area contributed by atoms with Crippen molar-refractivity contribution in [3.63, 3.8) is 0 Å². The van der Waals surface area contributed by atoms with Gasteiger partial charge in [-0.25, -0.2) is 4.98 Å². The molecule has 0 spiro atoms. The summed E-state index contributed by atoms with van der Waals surface area (Å²) in [7, 11) is -1.04. The molecule has 0 radical (unpaired) electrons. The van der Waals surface area contributed by atoms with E-state index in [1.54, 1.807) is 6.20 Å². The fraction of sp³-hybridized carbons (Fsp3) is 0.385. The van der Waals surface area contributed by atoms with Crippen molar-refractivity contribution in [1.82, 2.24) is 15.3 Å². The van der Waals surface area contributed by atoms with Gasteiger partial charge in [-0.05, 0) is 38.1 Å². The summed E-state index contributed by atoms with van der Waals surface area (Å²) in [4.78, 5) is 8.79. The van der Waals surface area contributed by atoms with Crippen LogP contribution in [0.1, 0.15) is 12.8 Å². The van der Waals surface area contributed by atoms with Crippen LogP contribution in [-0.2, 0) is 10.8 Å². The number of para-hydroxylation sites is 2. The van der Waals surface area contributed by atoms with E-state index in [0.717, 1.165) is 37.0 Å². The second-order valence-corrected chi connectivity index (χ2v) is 6.12. The summed E-state index contributed by atoms with van der Waals surface area (Å²) in [5, 5.41) is 4.10. The number of hydrogen-bond acceptors (Lipinski definition) is 4. The molecule has 1 aromatic heterocycles. The maximum Gasteiger partial charge on any atom is 0.146 e. The van der Waals surface area contributed by atoms with E-state index < -0.39 is 10.8 Å². The Labute approximate surface area is 108 Å². The first-order valence-corrected chi connectivity index (χ1v) is 7.39. The molecule has 3 rings (SSSR count). The molecule has 5 heteroatoms. The lowest BCUT2D eigenvalue weighted by Gasteiger charge is -2.21. The molecule has 1 atom stereocenters. The van der Waals surface area contributed by atoms with Gasteiger partial charge in [0.1, 0.15) is 5.03 Å². The highest BCUT2D eigenvalue weighted by Gasteiger charge is 2.22. The van der Waals surface area contributed by atoms with Gasteiger partial charge in [-0.1, -0.05) is 12.1 Å². The first-order valence-electron chi connectivity index (χ1n) is 6.18. The van der Waals surface area contributed by atoms with Crippen LogP contribution < -0.4 is 5.32 Å². The Balaban J connectivity index is 1.91. The molecule has 18 heavy (non-hydrogen) atoms. The van der Waals surface area contributed by atoms with Gasteiger partial charge in [-0.3, -0.25) is 9.19 Å². The van der Waals surface area contributed by atoms with Gasteiger partial charge < -0.3 is 5.32 Å².